The first-order valence-electron chi connectivity index (χ1n) is 10.6. The van der Waals surface area contributed by atoms with E-state index in [4.69, 9.17) is 0 Å². The van der Waals surface area contributed by atoms with Gasteiger partial charge >= 0.3 is 0 Å². The van der Waals surface area contributed by atoms with Crippen LogP contribution in [0, 0.1) is 0 Å². The molecule has 10 heteroatoms. The summed E-state index contributed by atoms with van der Waals surface area (Å²) in [6.07, 6.45) is 4.91. The Morgan fingerprint density at radius 1 is 0.800 bits per heavy atom. The summed E-state index contributed by atoms with van der Waals surface area (Å²) in [4.78, 5) is 4.59. The summed E-state index contributed by atoms with van der Waals surface area (Å²) < 4.78 is 3.52. The van der Waals surface area contributed by atoms with Crippen molar-refractivity contribution < 1.29 is 0 Å². The predicted octanol–water partition coefficient (Wildman–Crippen LogP) is 0.694. The van der Waals surface area contributed by atoms with Crippen LogP contribution < -0.4 is 26.2 Å². The van der Waals surface area contributed by atoms with Crippen molar-refractivity contribution in [3.8, 4) is 0 Å². The highest BCUT2D eigenvalue weighted by Gasteiger charge is 2.14. The van der Waals surface area contributed by atoms with E-state index in [1.807, 2.05) is 45.3 Å². The van der Waals surface area contributed by atoms with Crippen molar-refractivity contribution in [3.05, 3.63) is 35.2 Å². The number of rotatable bonds is 4. The van der Waals surface area contributed by atoms with Gasteiger partial charge in [0.15, 0.2) is 11.0 Å². The Hall–Kier alpha value is -3.17. The van der Waals surface area contributed by atoms with Gasteiger partial charge in [0.1, 0.15) is 17.5 Å². The molecule has 1 N–H and O–H groups in total. The molecule has 2 aromatic heterocycles. The molecule has 4 rings (SSSR count). The van der Waals surface area contributed by atoms with Crippen molar-refractivity contribution >= 4 is 17.5 Å². The highest BCUT2D eigenvalue weighted by Crippen LogP contribution is 2.16. The van der Waals surface area contributed by atoms with E-state index in [0.29, 0.717) is 11.3 Å². The van der Waals surface area contributed by atoms with Gasteiger partial charge in [0.05, 0.1) is 0 Å². The first kappa shape index (κ1) is 20.1. The molecule has 0 atom stereocenters. The Labute approximate surface area is 176 Å². The number of nitrogens with zero attached hydrogens (tertiary/aromatic N) is 9. The number of aryl methyl sites for hydroxylation is 2. The van der Waals surface area contributed by atoms with Crippen molar-refractivity contribution in [1.82, 2.24) is 25.0 Å². The standard InChI is InChI=1S/C20H30N10/c1-16(21-23-17-8-10-19(25-27(17)2)29-12-4-5-13-29)22-24-18-9-11-20(26-28(18)3)30-14-6-7-15-30/h8-11H,4-7,12-15H2,1-3H3,(H,21,22). The molecule has 2 fully saturated rings. The number of hydrogen-bond donors (Lipinski definition) is 1. The summed E-state index contributed by atoms with van der Waals surface area (Å²) in [5.41, 5.74) is 4.34. The van der Waals surface area contributed by atoms with Crippen molar-refractivity contribution in [2.24, 2.45) is 29.4 Å². The van der Waals surface area contributed by atoms with Crippen LogP contribution in [0.5, 0.6) is 0 Å². The van der Waals surface area contributed by atoms with Crippen LogP contribution in [0.25, 0.3) is 0 Å². The SMILES string of the molecule is CC(=NN=c1ccc(N2CCCC2)nn1C)NN=c1ccc(N2CCCC2)nn1C. The zero-order valence-electron chi connectivity index (χ0n) is 18.0. The van der Waals surface area contributed by atoms with Crippen molar-refractivity contribution in [3.63, 3.8) is 0 Å². The number of aromatic nitrogens is 4. The molecule has 2 aliphatic rings. The molecule has 0 spiro atoms. The van der Waals surface area contributed by atoms with Gasteiger partial charge in [0.2, 0.25) is 0 Å². The molecular weight excluding hydrogens is 380 g/mol. The topological polar surface area (TPSA) is 91.2 Å². The van der Waals surface area contributed by atoms with Gasteiger partial charge in [-0.25, -0.2) is 9.36 Å². The van der Waals surface area contributed by atoms with Gasteiger partial charge in [0, 0.05) is 40.3 Å². The van der Waals surface area contributed by atoms with E-state index in [-0.39, 0.29) is 0 Å². The molecule has 0 unspecified atom stereocenters. The summed E-state index contributed by atoms with van der Waals surface area (Å²) in [7, 11) is 3.78. The molecule has 30 heavy (non-hydrogen) atoms. The van der Waals surface area contributed by atoms with Crippen LogP contribution in [-0.4, -0.2) is 51.6 Å². The molecule has 2 saturated heterocycles. The van der Waals surface area contributed by atoms with E-state index in [1.165, 1.54) is 25.7 Å². The second-order valence-corrected chi connectivity index (χ2v) is 7.74. The minimum atomic E-state index is 0.585. The highest BCUT2D eigenvalue weighted by molar-refractivity contribution is 5.78. The molecule has 0 amide bonds. The summed E-state index contributed by atoms with van der Waals surface area (Å²) in [6, 6.07) is 7.91. The van der Waals surface area contributed by atoms with Gasteiger partial charge in [-0.05, 0) is 56.9 Å². The monoisotopic (exact) mass is 410 g/mol. The molecule has 0 aliphatic carbocycles. The largest absolute Gasteiger partial charge is 0.355 e. The summed E-state index contributed by atoms with van der Waals surface area (Å²) in [5.74, 6) is 2.56. The first-order chi connectivity index (χ1) is 14.6. The lowest BCUT2D eigenvalue weighted by atomic mass is 10.4. The van der Waals surface area contributed by atoms with E-state index in [0.717, 1.165) is 43.3 Å². The van der Waals surface area contributed by atoms with Crippen LogP contribution in [-0.2, 0) is 14.1 Å². The summed E-state index contributed by atoms with van der Waals surface area (Å²) in [5, 5.41) is 22.1. The summed E-state index contributed by atoms with van der Waals surface area (Å²) >= 11 is 0. The highest BCUT2D eigenvalue weighted by atomic mass is 15.4. The zero-order chi connectivity index (χ0) is 20.9. The molecule has 160 valence electrons. The lowest BCUT2D eigenvalue weighted by molar-refractivity contribution is 0.663. The fourth-order valence-corrected chi connectivity index (χ4v) is 3.71. The zero-order valence-corrected chi connectivity index (χ0v) is 18.0. The maximum atomic E-state index is 4.61. The average molecular weight is 411 g/mol. The third kappa shape index (κ3) is 4.69. The molecule has 0 bridgehead atoms. The van der Waals surface area contributed by atoms with Crippen LogP contribution in [0.3, 0.4) is 0 Å². The van der Waals surface area contributed by atoms with Crippen LogP contribution in [0.2, 0.25) is 0 Å². The van der Waals surface area contributed by atoms with Gasteiger partial charge in [-0.2, -0.15) is 15.3 Å². The van der Waals surface area contributed by atoms with Crippen molar-refractivity contribution in [2.45, 2.75) is 32.6 Å². The number of hydrogen-bond acceptors (Lipinski definition) is 7. The Bertz CT molecular complexity index is 1040. The fourth-order valence-electron chi connectivity index (χ4n) is 3.71. The summed E-state index contributed by atoms with van der Waals surface area (Å²) in [6.45, 7) is 6.10. The molecule has 2 aliphatic heterocycles. The van der Waals surface area contributed by atoms with Gasteiger partial charge < -0.3 is 9.80 Å². The van der Waals surface area contributed by atoms with E-state index < -0.39 is 0 Å². The van der Waals surface area contributed by atoms with E-state index in [9.17, 15) is 0 Å². The molecule has 0 aromatic carbocycles. The van der Waals surface area contributed by atoms with Gasteiger partial charge in [-0.3, -0.25) is 5.43 Å². The van der Waals surface area contributed by atoms with Crippen LogP contribution in [0.1, 0.15) is 32.6 Å². The Balaban J connectivity index is 1.45. The second-order valence-electron chi connectivity index (χ2n) is 7.74. The number of nitrogens with one attached hydrogen (secondary N) is 1. The lowest BCUT2D eigenvalue weighted by Crippen LogP contribution is -2.29. The molecule has 0 radical (unpaired) electrons. The maximum absolute atomic E-state index is 4.61. The quantitative estimate of drug-likeness (QED) is 0.455. The second kappa shape index (κ2) is 9.10. The number of anilines is 2. The van der Waals surface area contributed by atoms with Crippen LogP contribution in [0.4, 0.5) is 11.6 Å². The molecular formula is C20H30N10. The van der Waals surface area contributed by atoms with Crippen molar-refractivity contribution in [2.75, 3.05) is 36.0 Å². The minimum absolute atomic E-state index is 0.585. The Morgan fingerprint density at radius 3 is 1.80 bits per heavy atom. The van der Waals surface area contributed by atoms with Gasteiger partial charge in [0.25, 0.3) is 0 Å². The van der Waals surface area contributed by atoms with Gasteiger partial charge in [-0.1, -0.05) is 0 Å². The normalized spacial score (nSPS) is 18.6. The number of amidine groups is 1. The van der Waals surface area contributed by atoms with Gasteiger partial charge in [-0.15, -0.1) is 10.2 Å². The fraction of sp³-hybridized carbons (Fsp3) is 0.550. The van der Waals surface area contributed by atoms with Crippen molar-refractivity contribution in [1.29, 1.82) is 0 Å². The smallest absolute Gasteiger partial charge is 0.171 e. The van der Waals surface area contributed by atoms with E-state index in [1.54, 1.807) is 9.36 Å². The lowest BCUT2D eigenvalue weighted by Gasteiger charge is -2.16. The third-order valence-corrected chi connectivity index (χ3v) is 5.43. The Kier molecular flexibility index (Phi) is 6.10. The maximum Gasteiger partial charge on any atom is 0.171 e. The molecule has 4 heterocycles. The predicted molar refractivity (Wildman–Crippen MR) is 117 cm³/mol. The van der Waals surface area contributed by atoms with Crippen LogP contribution in [0.15, 0.2) is 39.6 Å². The van der Waals surface area contributed by atoms with E-state index in [2.05, 4.69) is 40.7 Å². The minimum Gasteiger partial charge on any atom is -0.355 e. The van der Waals surface area contributed by atoms with E-state index >= 15 is 0 Å². The molecule has 2 aromatic rings. The molecule has 0 saturated carbocycles. The average Bonchev–Trinajstić information content (AvgIpc) is 3.46. The third-order valence-electron chi connectivity index (χ3n) is 5.43. The Morgan fingerprint density at radius 2 is 1.30 bits per heavy atom. The molecule has 10 nitrogen and oxygen atoms in total. The van der Waals surface area contributed by atoms with Crippen LogP contribution >= 0.6 is 0 Å². The first-order valence-corrected chi connectivity index (χ1v) is 10.6.